The van der Waals surface area contributed by atoms with Crippen LogP contribution in [0, 0.1) is 6.92 Å². The summed E-state index contributed by atoms with van der Waals surface area (Å²) in [5.41, 5.74) is 15.6. The summed E-state index contributed by atoms with van der Waals surface area (Å²) in [5, 5.41) is 8.86. The molecule has 0 aromatic carbocycles. The third kappa shape index (κ3) is 11.5. The number of carbonyl (C=O) groups is 4. The van der Waals surface area contributed by atoms with Crippen LogP contribution in [0.4, 0.5) is 0 Å². The number of hydrogen-bond acceptors (Lipinski definition) is 15. The number of nitrogens with zero attached hydrogens (tertiary/aromatic N) is 4. The number of H-pyrrole nitrogens is 2. The molecule has 1 fully saturated rings. The number of aromatic nitrogens is 4. The van der Waals surface area contributed by atoms with Crippen molar-refractivity contribution < 1.29 is 52.7 Å². The number of carbonyl (C=O) groups excluding carboxylic acids is 4. The number of aliphatic hydroxyl groups is 1. The van der Waals surface area contributed by atoms with Gasteiger partial charge in [-0.1, -0.05) is 13.8 Å². The molecule has 2 aromatic rings. The Morgan fingerprint density at radius 3 is 2.25 bits per heavy atom. The molecule has 0 radical (unpaired) electrons. The van der Waals surface area contributed by atoms with Gasteiger partial charge in [0.05, 0.1) is 98.9 Å². The predicted octanol–water partition coefficient (Wildman–Crippen LogP) is 4.86. The first-order valence-corrected chi connectivity index (χ1v) is 23.6. The van der Waals surface area contributed by atoms with Crippen molar-refractivity contribution in [2.24, 2.45) is 5.73 Å². The van der Waals surface area contributed by atoms with Gasteiger partial charge in [-0.05, 0) is 80.2 Å². The van der Waals surface area contributed by atoms with Gasteiger partial charge in [0, 0.05) is 79.5 Å². The predicted molar refractivity (Wildman–Crippen MR) is 255 cm³/mol. The van der Waals surface area contributed by atoms with Gasteiger partial charge in [0.15, 0.2) is 0 Å². The number of rotatable bonds is 22. The lowest BCUT2D eigenvalue weighted by Crippen LogP contribution is -2.47. The van der Waals surface area contributed by atoms with Crippen molar-refractivity contribution in [2.75, 3.05) is 105 Å². The van der Waals surface area contributed by atoms with E-state index in [1.54, 1.807) is 6.08 Å². The van der Waals surface area contributed by atoms with Crippen LogP contribution in [0.25, 0.3) is 33.3 Å². The van der Waals surface area contributed by atoms with Crippen molar-refractivity contribution in [3.05, 3.63) is 81.2 Å². The van der Waals surface area contributed by atoms with E-state index in [0.29, 0.717) is 134 Å². The summed E-state index contributed by atoms with van der Waals surface area (Å²) < 4.78 is 32.6. The summed E-state index contributed by atoms with van der Waals surface area (Å²) in [6, 6.07) is 5.83. The molecule has 0 spiro atoms. The molecule has 7 rings (SSSR count). The van der Waals surface area contributed by atoms with Crippen LogP contribution in [0.2, 0.25) is 0 Å². The molecule has 18 heteroatoms. The Morgan fingerprint density at radius 2 is 1.51 bits per heavy atom. The number of nitrogens with one attached hydrogen (secondary N) is 2. The maximum atomic E-state index is 15.1. The second kappa shape index (κ2) is 23.6. The first-order valence-electron chi connectivity index (χ1n) is 23.6. The lowest BCUT2D eigenvalue weighted by Gasteiger charge is -2.31. The fourth-order valence-electron chi connectivity index (χ4n) is 9.18. The number of aromatic amines is 2. The molecule has 0 aliphatic carbocycles. The number of imide groups is 1. The van der Waals surface area contributed by atoms with Crippen LogP contribution in [-0.4, -0.2) is 164 Å². The zero-order chi connectivity index (χ0) is 48.3. The molecule has 5 N–H and O–H groups in total. The average Bonchev–Trinajstić information content (AvgIpc) is 4.01. The molecule has 8 bridgehead atoms. The number of allylic oxidation sites excluding steroid dienone is 5. The van der Waals surface area contributed by atoms with Crippen LogP contribution >= 0.6 is 0 Å². The van der Waals surface area contributed by atoms with E-state index in [9.17, 15) is 14.4 Å². The van der Waals surface area contributed by atoms with Crippen molar-refractivity contribution in [2.45, 2.75) is 65.7 Å². The van der Waals surface area contributed by atoms with Gasteiger partial charge in [0.25, 0.3) is 11.8 Å². The Kier molecular flexibility index (Phi) is 17.5. The summed E-state index contributed by atoms with van der Waals surface area (Å²) in [6.45, 7) is 15.3. The number of fused-ring (bicyclic) bond motifs is 8. The molecule has 5 aliphatic rings. The molecular formula is C50H65N7O11. The van der Waals surface area contributed by atoms with Crippen molar-refractivity contribution in [1.29, 1.82) is 0 Å². The van der Waals surface area contributed by atoms with Crippen LogP contribution in [0.3, 0.4) is 0 Å². The van der Waals surface area contributed by atoms with E-state index in [-0.39, 0.29) is 70.3 Å². The molecule has 0 saturated carbocycles. The zero-order valence-corrected chi connectivity index (χ0v) is 39.9. The third-order valence-electron chi connectivity index (χ3n) is 13.0. The Balaban J connectivity index is 1.34. The standard InChI is InChI=1S/C50H65N7O11/c1-6-34-30(2)38-28-42-35(7-9-43(59)68-26-24-66-22-21-65-20-16-58)31(3)37(53-42)27-39-32(4)36(8-10-44(60)67-25-23-63-17-11-51)47(54-39)46-48-45(33(5)40(55-48)29-41(34)52-38)49(61)57(50(46)62)13-12-56-14-18-64-19-15-56/h7,9,27-29,32,36,54-55,58H,6,8,10-26,51H2,1-5H3/b9-7+,39-27?,41-29?,42-28?,47-46?/t32-,36-/m0/s1. The number of nitrogens with two attached hydrogens (primary N) is 1. The molecule has 1 saturated heterocycles. The summed E-state index contributed by atoms with van der Waals surface area (Å²) in [7, 11) is 0. The topological polar surface area (TPSA) is 234 Å². The third-order valence-corrected chi connectivity index (χ3v) is 13.0. The highest BCUT2D eigenvalue weighted by Gasteiger charge is 2.41. The number of aryl methyl sites for hydroxylation is 1. The first kappa shape index (κ1) is 50.3. The quantitative estimate of drug-likeness (QED) is 0.0535. The molecule has 2 atom stereocenters. The fourth-order valence-corrected chi connectivity index (χ4v) is 9.18. The smallest absolute Gasteiger partial charge is 0.330 e. The Labute approximate surface area is 396 Å². The van der Waals surface area contributed by atoms with Crippen molar-refractivity contribution in [3.8, 4) is 0 Å². The SMILES string of the molecule is CCC1=C(C)c2cc3nc(cc4[nH]c(c5c6[nH]c(cc1n2)c(C)c6C(=O)N(CCN1CCOCC1)C5=O)[C@@H](CCC(=O)OCCOCCN)[C@@H]4C)C(C)=C3/C=C/C(=O)OCCOCCOCCO. The highest BCUT2D eigenvalue weighted by Crippen LogP contribution is 2.45. The maximum Gasteiger partial charge on any atom is 0.330 e. The van der Waals surface area contributed by atoms with Crippen LogP contribution < -0.4 is 5.73 Å². The normalized spacial score (nSPS) is 18.0. The molecule has 68 heavy (non-hydrogen) atoms. The second-order valence-electron chi connectivity index (χ2n) is 17.2. The van der Waals surface area contributed by atoms with E-state index >= 15 is 4.79 Å². The van der Waals surface area contributed by atoms with Crippen molar-refractivity contribution in [3.63, 3.8) is 0 Å². The number of ether oxygens (including phenoxy) is 6. The summed E-state index contributed by atoms with van der Waals surface area (Å²) in [5.74, 6) is -2.38. The zero-order valence-electron chi connectivity index (χ0n) is 39.9. The van der Waals surface area contributed by atoms with E-state index in [4.69, 9.17) is 49.2 Å². The van der Waals surface area contributed by atoms with Crippen LogP contribution in [0.15, 0.2) is 30.4 Å². The maximum absolute atomic E-state index is 15.1. The molecular weight excluding hydrogens is 875 g/mol. The monoisotopic (exact) mass is 939 g/mol. The Bertz CT molecular complexity index is 2520. The first-order chi connectivity index (χ1) is 32.9. The number of morpholine rings is 1. The summed E-state index contributed by atoms with van der Waals surface area (Å²) in [6.07, 6.45) is 4.14. The number of aliphatic hydroxyl groups excluding tert-OH is 1. The highest BCUT2D eigenvalue weighted by atomic mass is 16.6. The molecule has 0 unspecified atom stereocenters. The molecule has 18 nitrogen and oxygen atoms in total. The minimum atomic E-state index is -0.552. The van der Waals surface area contributed by atoms with Gasteiger partial charge >= 0.3 is 11.9 Å². The Hall–Kier alpha value is -5.60. The highest BCUT2D eigenvalue weighted by molar-refractivity contribution is 6.23. The van der Waals surface area contributed by atoms with Gasteiger partial charge in [0.1, 0.15) is 13.2 Å². The number of amides is 2. The molecule has 5 aliphatic heterocycles. The van der Waals surface area contributed by atoms with Gasteiger partial charge in [-0.3, -0.25) is 24.2 Å². The van der Waals surface area contributed by atoms with Crippen LogP contribution in [0.5, 0.6) is 0 Å². The van der Waals surface area contributed by atoms with Gasteiger partial charge in [-0.2, -0.15) is 0 Å². The van der Waals surface area contributed by atoms with Crippen LogP contribution in [-0.2, 0) is 38.0 Å². The number of hydrogen-bond donors (Lipinski definition) is 4. The molecule has 2 aromatic heterocycles. The summed E-state index contributed by atoms with van der Waals surface area (Å²) >= 11 is 0. The van der Waals surface area contributed by atoms with Gasteiger partial charge in [-0.15, -0.1) is 0 Å². The Morgan fingerprint density at radius 1 is 0.838 bits per heavy atom. The molecule has 7 heterocycles. The minimum Gasteiger partial charge on any atom is -0.463 e. The van der Waals surface area contributed by atoms with Gasteiger partial charge in [-0.25, -0.2) is 14.8 Å². The van der Waals surface area contributed by atoms with Crippen LogP contribution in [0.1, 0.15) is 119 Å². The molecule has 366 valence electrons. The lowest BCUT2D eigenvalue weighted by atomic mass is 9.84. The lowest BCUT2D eigenvalue weighted by molar-refractivity contribution is -0.145. The van der Waals surface area contributed by atoms with E-state index in [2.05, 4.69) is 21.8 Å². The second-order valence-corrected chi connectivity index (χ2v) is 17.2. The van der Waals surface area contributed by atoms with E-state index in [1.165, 1.54) is 11.0 Å². The van der Waals surface area contributed by atoms with E-state index < -0.39 is 17.8 Å². The minimum absolute atomic E-state index is 0.0440. The van der Waals surface area contributed by atoms with E-state index in [1.807, 2.05) is 45.9 Å². The van der Waals surface area contributed by atoms with Crippen molar-refractivity contribution >= 4 is 57.1 Å². The number of esters is 2. The fraction of sp³-hybridized carbons (Fsp3) is 0.520. The van der Waals surface area contributed by atoms with Gasteiger partial charge in [0.2, 0.25) is 0 Å². The molecule has 2 amide bonds. The van der Waals surface area contributed by atoms with Crippen molar-refractivity contribution in [1.82, 2.24) is 29.7 Å². The largest absolute Gasteiger partial charge is 0.463 e. The summed E-state index contributed by atoms with van der Waals surface area (Å²) in [4.78, 5) is 77.0. The van der Waals surface area contributed by atoms with E-state index in [0.717, 1.165) is 22.4 Å². The van der Waals surface area contributed by atoms with Gasteiger partial charge < -0.3 is 49.2 Å². The average molecular weight is 940 g/mol.